The van der Waals surface area contributed by atoms with Gasteiger partial charge in [-0.3, -0.25) is 9.69 Å². The van der Waals surface area contributed by atoms with Crippen LogP contribution in [0.4, 0.5) is 11.4 Å². The number of carbonyl (C=O) groups is 1. The molecule has 0 radical (unpaired) electrons. The van der Waals surface area contributed by atoms with Crippen LogP contribution in [0, 0.1) is 0 Å². The Bertz CT molecular complexity index is 690. The van der Waals surface area contributed by atoms with Gasteiger partial charge in [-0.25, -0.2) is 4.99 Å². The van der Waals surface area contributed by atoms with Crippen LogP contribution in [0.25, 0.3) is 0 Å². The lowest BCUT2D eigenvalue weighted by Crippen LogP contribution is -2.58. The van der Waals surface area contributed by atoms with Gasteiger partial charge in [-0.2, -0.15) is 4.99 Å². The third-order valence-corrected chi connectivity index (χ3v) is 4.56. The van der Waals surface area contributed by atoms with E-state index in [2.05, 4.69) is 15.3 Å². The van der Waals surface area contributed by atoms with Crippen molar-refractivity contribution < 1.29 is 4.79 Å². The molecule has 0 unspecified atom stereocenters. The highest BCUT2D eigenvalue weighted by atomic mass is 16.1. The second-order valence-corrected chi connectivity index (χ2v) is 6.27. The van der Waals surface area contributed by atoms with Crippen LogP contribution in [0.1, 0.15) is 45.4 Å². The summed E-state index contributed by atoms with van der Waals surface area (Å²) in [7, 11) is 0. The number of aliphatic imine (C=N–C) groups is 2. The lowest BCUT2D eigenvalue weighted by molar-refractivity contribution is -0.115. The first kappa shape index (κ1) is 16.3. The van der Waals surface area contributed by atoms with E-state index in [0.29, 0.717) is 12.4 Å². The van der Waals surface area contributed by atoms with Gasteiger partial charge in [-0.05, 0) is 43.9 Å². The van der Waals surface area contributed by atoms with Crippen molar-refractivity contribution in [2.45, 2.75) is 51.1 Å². The predicted molar refractivity (Wildman–Crippen MR) is 96.9 cm³/mol. The molecule has 0 saturated heterocycles. The van der Waals surface area contributed by atoms with Crippen LogP contribution in [0.3, 0.4) is 0 Å². The average Bonchev–Trinajstić information content (AvgIpc) is 2.55. The summed E-state index contributed by atoms with van der Waals surface area (Å²) in [6.45, 7) is 1.82. The summed E-state index contributed by atoms with van der Waals surface area (Å²) in [5, 5.41) is 2.88. The molecule has 128 valence electrons. The Hall–Kier alpha value is -2.57. The molecular formula is C17H24N6O. The summed E-state index contributed by atoms with van der Waals surface area (Å²) >= 11 is 0. The Morgan fingerprint density at radius 2 is 2.04 bits per heavy atom. The third kappa shape index (κ3) is 3.06. The maximum absolute atomic E-state index is 11.7. The summed E-state index contributed by atoms with van der Waals surface area (Å²) in [5.41, 5.74) is 13.2. The number of nitrogens with one attached hydrogen (secondary N) is 1. The standard InChI is InChI=1S/C17H24N6O/c1-2-14(24)20-12-7-6-8-13(11-12)23-16(19)21-15(18)22-17(23)9-4-3-5-10-17/h6-8,11H,2-5,9-10H2,1H3,(H,20,24)(H4,18,19,21,22). The zero-order chi connectivity index (χ0) is 17.2. The van der Waals surface area contributed by atoms with Crippen molar-refractivity contribution in [3.05, 3.63) is 24.3 Å². The molecule has 1 heterocycles. The topological polar surface area (TPSA) is 109 Å². The maximum Gasteiger partial charge on any atom is 0.224 e. The summed E-state index contributed by atoms with van der Waals surface area (Å²) in [5.74, 6) is 0.562. The smallest absolute Gasteiger partial charge is 0.224 e. The van der Waals surface area contributed by atoms with Crippen LogP contribution in [0.15, 0.2) is 34.3 Å². The summed E-state index contributed by atoms with van der Waals surface area (Å²) in [4.78, 5) is 22.4. The largest absolute Gasteiger partial charge is 0.369 e. The number of guanidine groups is 2. The van der Waals surface area contributed by atoms with E-state index < -0.39 is 5.66 Å². The van der Waals surface area contributed by atoms with Gasteiger partial charge in [-0.1, -0.05) is 19.4 Å². The van der Waals surface area contributed by atoms with Crippen LogP contribution in [0.5, 0.6) is 0 Å². The molecule has 0 atom stereocenters. The first-order chi connectivity index (χ1) is 11.5. The van der Waals surface area contributed by atoms with Crippen molar-refractivity contribution in [2.75, 3.05) is 10.2 Å². The molecule has 1 amide bonds. The lowest BCUT2D eigenvalue weighted by atomic mass is 9.87. The van der Waals surface area contributed by atoms with Crippen molar-refractivity contribution in [3.63, 3.8) is 0 Å². The van der Waals surface area contributed by atoms with E-state index in [1.807, 2.05) is 36.1 Å². The monoisotopic (exact) mass is 328 g/mol. The van der Waals surface area contributed by atoms with Crippen LogP contribution in [-0.2, 0) is 4.79 Å². The van der Waals surface area contributed by atoms with Crippen LogP contribution in [0.2, 0.25) is 0 Å². The molecule has 1 aromatic carbocycles. The van der Waals surface area contributed by atoms with E-state index in [4.69, 9.17) is 11.5 Å². The first-order valence-corrected chi connectivity index (χ1v) is 8.44. The van der Waals surface area contributed by atoms with E-state index in [-0.39, 0.29) is 11.9 Å². The van der Waals surface area contributed by atoms with Crippen molar-refractivity contribution in [1.82, 2.24) is 0 Å². The number of rotatable bonds is 3. The zero-order valence-electron chi connectivity index (χ0n) is 14.0. The Kier molecular flexibility index (Phi) is 4.42. The second-order valence-electron chi connectivity index (χ2n) is 6.27. The van der Waals surface area contributed by atoms with E-state index in [1.54, 1.807) is 0 Å². The minimum absolute atomic E-state index is 0.0259. The number of anilines is 2. The molecule has 3 rings (SSSR count). The summed E-state index contributed by atoms with van der Waals surface area (Å²) in [6, 6.07) is 7.62. The van der Waals surface area contributed by atoms with Crippen molar-refractivity contribution in [1.29, 1.82) is 0 Å². The Morgan fingerprint density at radius 3 is 2.75 bits per heavy atom. The van der Waals surface area contributed by atoms with Gasteiger partial charge in [0.15, 0.2) is 0 Å². The van der Waals surface area contributed by atoms with E-state index in [1.165, 1.54) is 6.42 Å². The normalized spacial score (nSPS) is 19.6. The quantitative estimate of drug-likeness (QED) is 0.789. The minimum atomic E-state index is -0.471. The van der Waals surface area contributed by atoms with E-state index in [9.17, 15) is 4.79 Å². The molecule has 1 aromatic rings. The van der Waals surface area contributed by atoms with E-state index >= 15 is 0 Å². The van der Waals surface area contributed by atoms with Crippen molar-refractivity contribution in [2.24, 2.45) is 21.5 Å². The molecule has 1 fully saturated rings. The van der Waals surface area contributed by atoms with Gasteiger partial charge in [0.25, 0.3) is 0 Å². The van der Waals surface area contributed by atoms with Crippen molar-refractivity contribution >= 4 is 29.2 Å². The molecule has 0 aromatic heterocycles. The molecule has 7 heteroatoms. The number of carbonyl (C=O) groups excluding carboxylic acids is 1. The molecule has 24 heavy (non-hydrogen) atoms. The molecule has 1 spiro atoms. The third-order valence-electron chi connectivity index (χ3n) is 4.56. The Morgan fingerprint density at radius 1 is 1.29 bits per heavy atom. The fraction of sp³-hybridized carbons (Fsp3) is 0.471. The fourth-order valence-corrected chi connectivity index (χ4v) is 3.47. The van der Waals surface area contributed by atoms with Crippen LogP contribution >= 0.6 is 0 Å². The Labute approximate surface area is 141 Å². The number of amides is 1. The van der Waals surface area contributed by atoms with E-state index in [0.717, 1.165) is 37.1 Å². The molecular weight excluding hydrogens is 304 g/mol. The van der Waals surface area contributed by atoms with Crippen LogP contribution < -0.4 is 21.7 Å². The van der Waals surface area contributed by atoms with Gasteiger partial charge < -0.3 is 16.8 Å². The van der Waals surface area contributed by atoms with Gasteiger partial charge in [0, 0.05) is 17.8 Å². The van der Waals surface area contributed by atoms with Gasteiger partial charge in [0.2, 0.25) is 17.8 Å². The fourth-order valence-electron chi connectivity index (χ4n) is 3.47. The maximum atomic E-state index is 11.7. The highest BCUT2D eigenvalue weighted by Crippen LogP contribution is 2.39. The van der Waals surface area contributed by atoms with Gasteiger partial charge >= 0.3 is 0 Å². The number of benzene rings is 1. The minimum Gasteiger partial charge on any atom is -0.369 e. The molecule has 1 aliphatic carbocycles. The molecule has 2 aliphatic rings. The second kappa shape index (κ2) is 6.51. The highest BCUT2D eigenvalue weighted by Gasteiger charge is 2.42. The van der Waals surface area contributed by atoms with Crippen molar-refractivity contribution in [3.8, 4) is 0 Å². The van der Waals surface area contributed by atoms with Gasteiger partial charge in [-0.15, -0.1) is 0 Å². The number of hydrogen-bond donors (Lipinski definition) is 3. The van der Waals surface area contributed by atoms with Crippen LogP contribution in [-0.4, -0.2) is 23.5 Å². The zero-order valence-corrected chi connectivity index (χ0v) is 14.0. The van der Waals surface area contributed by atoms with Gasteiger partial charge in [0.05, 0.1) is 0 Å². The lowest BCUT2D eigenvalue weighted by Gasteiger charge is -2.45. The highest BCUT2D eigenvalue weighted by molar-refractivity contribution is 6.06. The Balaban J connectivity index is 1.98. The van der Waals surface area contributed by atoms with Gasteiger partial charge in [0.1, 0.15) is 5.66 Å². The molecule has 1 saturated carbocycles. The molecule has 7 nitrogen and oxygen atoms in total. The molecule has 5 N–H and O–H groups in total. The number of hydrogen-bond acceptors (Lipinski definition) is 6. The molecule has 1 aliphatic heterocycles. The SMILES string of the molecule is CCC(=O)Nc1cccc(N2C(N)=NC(N)=NC23CCCCC3)c1. The first-order valence-electron chi connectivity index (χ1n) is 8.44. The number of nitrogens with two attached hydrogens (primary N) is 2. The predicted octanol–water partition coefficient (Wildman–Crippen LogP) is 2.14. The molecule has 0 bridgehead atoms. The average molecular weight is 328 g/mol. The summed E-state index contributed by atoms with van der Waals surface area (Å²) in [6.07, 6.45) is 5.54. The number of nitrogens with zero attached hydrogens (tertiary/aromatic N) is 3. The summed E-state index contributed by atoms with van der Waals surface area (Å²) < 4.78 is 0.